The zero-order valence-corrected chi connectivity index (χ0v) is 16.8. The summed E-state index contributed by atoms with van der Waals surface area (Å²) in [6.45, 7) is 1.66. The Morgan fingerprint density at radius 1 is 1.14 bits per heavy atom. The Balaban J connectivity index is 1.95. The number of rotatable bonds is 3. The molecule has 1 fully saturated rings. The number of aliphatic hydroxyl groups excluding tert-OH is 1. The number of aliphatic hydroxyl groups is 1. The van der Waals surface area contributed by atoms with E-state index in [-0.39, 0.29) is 22.9 Å². The summed E-state index contributed by atoms with van der Waals surface area (Å²) >= 11 is 3.33. The number of carbonyl (C=O) groups excluding carboxylic acids is 2. The van der Waals surface area contributed by atoms with E-state index in [1.165, 1.54) is 18.2 Å². The quantitative estimate of drug-likeness (QED) is 0.351. The highest BCUT2D eigenvalue weighted by atomic mass is 79.9. The molecule has 4 rings (SSSR count). The van der Waals surface area contributed by atoms with Gasteiger partial charge in [-0.15, -0.1) is 0 Å². The number of nitrogens with zero attached hydrogens (tertiary/aromatic N) is 2. The molecule has 2 heterocycles. The number of aromatic nitrogens is 1. The van der Waals surface area contributed by atoms with Crippen molar-refractivity contribution in [1.29, 1.82) is 0 Å². The zero-order chi connectivity index (χ0) is 20.7. The summed E-state index contributed by atoms with van der Waals surface area (Å²) in [6, 6.07) is 13.4. The number of aromatic hydroxyl groups is 1. The first-order valence-corrected chi connectivity index (χ1v) is 9.45. The minimum absolute atomic E-state index is 0.0342. The predicted octanol–water partition coefficient (Wildman–Crippen LogP) is 4.08. The van der Waals surface area contributed by atoms with Crippen LogP contribution >= 0.6 is 15.9 Å². The Bertz CT molecular complexity index is 1150. The molecule has 0 saturated carbocycles. The molecule has 1 unspecified atom stereocenters. The zero-order valence-electron chi connectivity index (χ0n) is 15.2. The number of amides is 1. The number of benzene rings is 2. The van der Waals surface area contributed by atoms with Crippen LogP contribution in [0.15, 0.2) is 69.2 Å². The number of anilines is 1. The van der Waals surface area contributed by atoms with Gasteiger partial charge in [0.1, 0.15) is 17.3 Å². The smallest absolute Gasteiger partial charge is 0.301 e. The van der Waals surface area contributed by atoms with E-state index in [0.717, 1.165) is 9.37 Å². The van der Waals surface area contributed by atoms with Crippen LogP contribution in [0.2, 0.25) is 0 Å². The van der Waals surface area contributed by atoms with Crippen LogP contribution in [0.1, 0.15) is 22.9 Å². The number of hydrogen-bond acceptors (Lipinski definition) is 6. The van der Waals surface area contributed by atoms with E-state index < -0.39 is 17.7 Å². The molecule has 2 aromatic carbocycles. The van der Waals surface area contributed by atoms with Crippen LogP contribution in [0.4, 0.5) is 5.82 Å². The molecule has 1 aromatic heterocycles. The lowest BCUT2D eigenvalue weighted by Crippen LogP contribution is -2.29. The maximum absolute atomic E-state index is 12.9. The average molecular weight is 455 g/mol. The van der Waals surface area contributed by atoms with E-state index in [9.17, 15) is 19.8 Å². The number of aryl methyl sites for hydroxylation is 1. The summed E-state index contributed by atoms with van der Waals surface area (Å²) in [6.07, 6.45) is 0. The summed E-state index contributed by atoms with van der Waals surface area (Å²) in [5.74, 6) is -1.43. The number of phenolic OH excluding ortho intramolecular Hbond substituents is 1. The minimum Gasteiger partial charge on any atom is -0.508 e. The fraction of sp³-hybridized carbons (Fsp3) is 0.0952. The molecule has 3 aromatic rings. The molecule has 2 N–H and O–H groups in total. The molecule has 1 amide bonds. The van der Waals surface area contributed by atoms with Gasteiger partial charge in [-0.2, -0.15) is 0 Å². The van der Waals surface area contributed by atoms with Gasteiger partial charge in [0.2, 0.25) is 0 Å². The highest BCUT2D eigenvalue weighted by molar-refractivity contribution is 9.10. The van der Waals surface area contributed by atoms with Gasteiger partial charge in [0.15, 0.2) is 5.82 Å². The van der Waals surface area contributed by atoms with Crippen molar-refractivity contribution in [2.45, 2.75) is 13.0 Å². The second-order valence-corrected chi connectivity index (χ2v) is 7.48. The molecule has 1 saturated heterocycles. The number of halogens is 1. The van der Waals surface area contributed by atoms with Crippen LogP contribution in [0.3, 0.4) is 0 Å². The van der Waals surface area contributed by atoms with Gasteiger partial charge < -0.3 is 14.7 Å². The second kappa shape index (κ2) is 7.21. The Kier molecular flexibility index (Phi) is 4.71. The molecule has 7 nitrogen and oxygen atoms in total. The van der Waals surface area contributed by atoms with Gasteiger partial charge in [-0.1, -0.05) is 45.4 Å². The Morgan fingerprint density at radius 3 is 2.48 bits per heavy atom. The van der Waals surface area contributed by atoms with Gasteiger partial charge in [-0.05, 0) is 36.8 Å². The highest BCUT2D eigenvalue weighted by Gasteiger charge is 2.48. The van der Waals surface area contributed by atoms with Crippen molar-refractivity contribution in [3.8, 4) is 5.75 Å². The van der Waals surface area contributed by atoms with Crippen molar-refractivity contribution in [3.63, 3.8) is 0 Å². The topological polar surface area (TPSA) is 104 Å². The minimum atomic E-state index is -0.977. The highest BCUT2D eigenvalue weighted by Crippen LogP contribution is 2.42. The van der Waals surface area contributed by atoms with Gasteiger partial charge in [0.25, 0.3) is 5.78 Å². The Hall–Kier alpha value is -3.39. The molecule has 0 spiro atoms. The summed E-state index contributed by atoms with van der Waals surface area (Å²) in [5.41, 5.74) is 0.736. The van der Waals surface area contributed by atoms with E-state index in [0.29, 0.717) is 16.9 Å². The monoisotopic (exact) mass is 454 g/mol. The van der Waals surface area contributed by atoms with Crippen LogP contribution in [0.5, 0.6) is 5.75 Å². The third-order valence-corrected chi connectivity index (χ3v) is 5.14. The number of phenols is 1. The molecule has 8 heteroatoms. The third-order valence-electron chi connectivity index (χ3n) is 4.61. The van der Waals surface area contributed by atoms with Crippen LogP contribution < -0.4 is 4.90 Å². The number of ketones is 1. The molecule has 1 aliphatic rings. The number of carbonyl (C=O) groups is 2. The lowest BCUT2D eigenvalue weighted by atomic mass is 9.95. The van der Waals surface area contributed by atoms with Crippen molar-refractivity contribution < 1.29 is 24.3 Å². The van der Waals surface area contributed by atoms with Crippen molar-refractivity contribution in [2.75, 3.05) is 4.90 Å². The van der Waals surface area contributed by atoms with Crippen molar-refractivity contribution in [3.05, 3.63) is 81.5 Å². The molecule has 0 aliphatic carbocycles. The van der Waals surface area contributed by atoms with Crippen LogP contribution in [-0.2, 0) is 9.59 Å². The largest absolute Gasteiger partial charge is 0.508 e. The van der Waals surface area contributed by atoms with Crippen LogP contribution in [-0.4, -0.2) is 27.1 Å². The summed E-state index contributed by atoms with van der Waals surface area (Å²) in [7, 11) is 0. The first kappa shape index (κ1) is 18.9. The van der Waals surface area contributed by atoms with E-state index in [4.69, 9.17) is 4.52 Å². The molecular weight excluding hydrogens is 440 g/mol. The second-order valence-electron chi connectivity index (χ2n) is 6.57. The Morgan fingerprint density at radius 2 is 1.86 bits per heavy atom. The molecule has 0 bridgehead atoms. The normalized spacial score (nSPS) is 18.4. The van der Waals surface area contributed by atoms with E-state index in [1.54, 1.807) is 43.3 Å². The summed E-state index contributed by atoms with van der Waals surface area (Å²) in [4.78, 5) is 26.9. The first-order valence-electron chi connectivity index (χ1n) is 8.66. The lowest BCUT2D eigenvalue weighted by Gasteiger charge is -2.22. The third kappa shape index (κ3) is 3.31. The van der Waals surface area contributed by atoms with Crippen molar-refractivity contribution >= 4 is 39.2 Å². The van der Waals surface area contributed by atoms with Crippen LogP contribution in [0, 0.1) is 6.92 Å². The molecular formula is C21H15BrN2O5. The first-order chi connectivity index (χ1) is 13.9. The lowest BCUT2D eigenvalue weighted by molar-refractivity contribution is -0.132. The molecule has 0 radical (unpaired) electrons. The van der Waals surface area contributed by atoms with Gasteiger partial charge in [-0.3, -0.25) is 14.5 Å². The fourth-order valence-electron chi connectivity index (χ4n) is 3.31. The Labute approximate surface area is 174 Å². The maximum atomic E-state index is 12.9. The number of hydrogen-bond donors (Lipinski definition) is 2. The number of Topliss-reactive ketones (excluding diaryl/α,β-unsaturated/α-hetero) is 1. The van der Waals surface area contributed by atoms with E-state index in [1.807, 2.05) is 0 Å². The van der Waals surface area contributed by atoms with E-state index >= 15 is 0 Å². The fourth-order valence-corrected chi connectivity index (χ4v) is 3.57. The summed E-state index contributed by atoms with van der Waals surface area (Å²) in [5, 5.41) is 24.7. The summed E-state index contributed by atoms with van der Waals surface area (Å²) < 4.78 is 5.88. The van der Waals surface area contributed by atoms with Crippen molar-refractivity contribution in [1.82, 2.24) is 5.16 Å². The average Bonchev–Trinajstić information content (AvgIpc) is 3.23. The van der Waals surface area contributed by atoms with Gasteiger partial charge in [0, 0.05) is 16.1 Å². The molecule has 29 heavy (non-hydrogen) atoms. The van der Waals surface area contributed by atoms with Crippen molar-refractivity contribution in [2.24, 2.45) is 0 Å². The molecule has 1 aliphatic heterocycles. The predicted molar refractivity (Wildman–Crippen MR) is 108 cm³/mol. The van der Waals surface area contributed by atoms with Gasteiger partial charge in [0.05, 0.1) is 11.6 Å². The molecule has 146 valence electrons. The molecule has 1 atom stereocenters. The van der Waals surface area contributed by atoms with E-state index in [2.05, 4.69) is 21.1 Å². The van der Waals surface area contributed by atoms with Gasteiger partial charge >= 0.3 is 5.91 Å². The van der Waals surface area contributed by atoms with Crippen LogP contribution in [0.25, 0.3) is 5.76 Å². The standard InChI is InChI=1S/C21H15BrN2O5/c1-11-9-16(23-29-11)24-18(13-3-2-4-15(25)10-13)17(20(27)21(24)28)19(26)12-5-7-14(22)8-6-12/h2-10,18,25-26H,1H3. The SMILES string of the molecule is Cc1cc(N2C(=O)C(=O)C(=C(O)c3ccc(Br)cc3)C2c2cccc(O)c2)no1. The maximum Gasteiger partial charge on any atom is 0.301 e. The van der Waals surface area contributed by atoms with Gasteiger partial charge in [-0.25, -0.2) is 0 Å².